The highest BCUT2D eigenvalue weighted by atomic mass is 32.2. The maximum Gasteiger partial charge on any atom is 0.321 e. The lowest BCUT2D eigenvalue weighted by Crippen LogP contribution is -2.32. The Balaban J connectivity index is 2.66. The van der Waals surface area contributed by atoms with Gasteiger partial charge >= 0.3 is 5.97 Å². The Kier molecular flexibility index (Phi) is 2.82. The number of carbonyl (C=O) groups is 1. The van der Waals surface area contributed by atoms with Crippen molar-refractivity contribution < 1.29 is 9.53 Å². The van der Waals surface area contributed by atoms with Gasteiger partial charge in [-0.15, -0.1) is 11.8 Å². The molecular formula is C8H14O2S. The number of carbonyl (C=O) groups excluding carboxylic acids is 1. The fourth-order valence-electron chi connectivity index (χ4n) is 1.62. The maximum atomic E-state index is 11.3. The van der Waals surface area contributed by atoms with Crippen molar-refractivity contribution in [3.8, 4) is 0 Å². The first-order valence-electron chi connectivity index (χ1n) is 3.89. The summed E-state index contributed by atoms with van der Waals surface area (Å²) < 4.78 is 4.57. The van der Waals surface area contributed by atoms with E-state index in [2.05, 4.69) is 0 Å². The molecule has 11 heavy (non-hydrogen) atoms. The Hall–Kier alpha value is -0.180. The van der Waals surface area contributed by atoms with Gasteiger partial charge in [0.25, 0.3) is 0 Å². The standard InChI is InChI=1S/C8H14O2S/c1-10-7(9)8(11-2)5-3-4-6-8/h3-6H2,1-2H3. The van der Waals surface area contributed by atoms with Crippen LogP contribution in [0.15, 0.2) is 0 Å². The maximum absolute atomic E-state index is 11.3. The zero-order chi connectivity index (χ0) is 8.32. The van der Waals surface area contributed by atoms with Crippen LogP contribution in [0, 0.1) is 0 Å². The van der Waals surface area contributed by atoms with Gasteiger partial charge in [-0.1, -0.05) is 12.8 Å². The molecule has 0 amide bonds. The second-order valence-electron chi connectivity index (χ2n) is 2.90. The molecule has 0 aromatic heterocycles. The predicted octanol–water partition coefficient (Wildman–Crippen LogP) is 1.84. The van der Waals surface area contributed by atoms with Gasteiger partial charge in [-0.05, 0) is 19.1 Å². The Bertz CT molecular complexity index is 150. The SMILES string of the molecule is COC(=O)C1(SC)CCCC1. The molecule has 64 valence electrons. The summed E-state index contributed by atoms with van der Waals surface area (Å²) in [5.74, 6) is -0.0394. The van der Waals surface area contributed by atoms with E-state index in [1.54, 1.807) is 11.8 Å². The predicted molar refractivity (Wildman–Crippen MR) is 46.7 cm³/mol. The van der Waals surface area contributed by atoms with Crippen molar-refractivity contribution in [2.45, 2.75) is 30.4 Å². The van der Waals surface area contributed by atoms with Gasteiger partial charge in [0.15, 0.2) is 0 Å². The Morgan fingerprint density at radius 1 is 1.45 bits per heavy atom. The molecule has 1 fully saturated rings. The van der Waals surface area contributed by atoms with Gasteiger partial charge in [-0.2, -0.15) is 0 Å². The van der Waals surface area contributed by atoms with Gasteiger partial charge in [0, 0.05) is 0 Å². The molecular weight excluding hydrogens is 160 g/mol. The highest BCUT2D eigenvalue weighted by Crippen LogP contribution is 2.40. The van der Waals surface area contributed by atoms with E-state index in [0.717, 1.165) is 25.7 Å². The van der Waals surface area contributed by atoms with Crippen LogP contribution in [0.1, 0.15) is 25.7 Å². The third-order valence-corrected chi connectivity index (χ3v) is 3.72. The van der Waals surface area contributed by atoms with E-state index in [0.29, 0.717) is 0 Å². The first-order chi connectivity index (χ1) is 5.25. The normalized spacial score (nSPS) is 21.6. The molecule has 0 heterocycles. The second-order valence-corrected chi connectivity index (χ2v) is 4.09. The molecule has 3 heteroatoms. The van der Waals surface area contributed by atoms with Crippen LogP contribution in [0.2, 0.25) is 0 Å². The average molecular weight is 174 g/mol. The highest BCUT2D eigenvalue weighted by Gasteiger charge is 2.41. The number of esters is 1. The zero-order valence-electron chi connectivity index (χ0n) is 7.05. The van der Waals surface area contributed by atoms with Gasteiger partial charge in [0.05, 0.1) is 7.11 Å². The lowest BCUT2D eigenvalue weighted by molar-refractivity contribution is -0.143. The lowest BCUT2D eigenvalue weighted by atomic mass is 10.1. The van der Waals surface area contributed by atoms with E-state index in [1.165, 1.54) is 7.11 Å². The quantitative estimate of drug-likeness (QED) is 0.597. The summed E-state index contributed by atoms with van der Waals surface area (Å²) in [4.78, 5) is 11.3. The summed E-state index contributed by atoms with van der Waals surface area (Å²) >= 11 is 1.64. The van der Waals surface area contributed by atoms with Gasteiger partial charge in [0.1, 0.15) is 4.75 Å². The zero-order valence-corrected chi connectivity index (χ0v) is 7.87. The second kappa shape index (κ2) is 3.48. The molecule has 0 aliphatic heterocycles. The molecule has 0 bridgehead atoms. The molecule has 0 radical (unpaired) electrons. The fourth-order valence-corrected chi connectivity index (χ4v) is 2.57. The number of ether oxygens (including phenoxy) is 1. The first kappa shape index (κ1) is 8.91. The van der Waals surface area contributed by atoms with E-state index >= 15 is 0 Å². The van der Waals surface area contributed by atoms with Crippen molar-refractivity contribution in [3.05, 3.63) is 0 Å². The van der Waals surface area contributed by atoms with Crippen molar-refractivity contribution in [1.82, 2.24) is 0 Å². The van der Waals surface area contributed by atoms with Crippen LogP contribution in [-0.4, -0.2) is 24.1 Å². The molecule has 0 aromatic carbocycles. The van der Waals surface area contributed by atoms with Crippen molar-refractivity contribution in [2.24, 2.45) is 0 Å². The van der Waals surface area contributed by atoms with Gasteiger partial charge < -0.3 is 4.74 Å². The molecule has 0 unspecified atom stereocenters. The minimum Gasteiger partial charge on any atom is -0.468 e. The van der Waals surface area contributed by atoms with Crippen molar-refractivity contribution in [1.29, 1.82) is 0 Å². The van der Waals surface area contributed by atoms with Crippen LogP contribution in [0.3, 0.4) is 0 Å². The van der Waals surface area contributed by atoms with Crippen LogP contribution in [0.4, 0.5) is 0 Å². The van der Waals surface area contributed by atoms with Crippen LogP contribution < -0.4 is 0 Å². The Labute approximate surface area is 71.7 Å². The molecule has 0 spiro atoms. The Morgan fingerprint density at radius 2 is 2.00 bits per heavy atom. The minimum atomic E-state index is -0.200. The van der Waals surface area contributed by atoms with Crippen molar-refractivity contribution >= 4 is 17.7 Å². The van der Waals surface area contributed by atoms with Crippen LogP contribution in [0.5, 0.6) is 0 Å². The summed E-state index contributed by atoms with van der Waals surface area (Å²) in [7, 11) is 1.47. The fraction of sp³-hybridized carbons (Fsp3) is 0.875. The topological polar surface area (TPSA) is 26.3 Å². The number of hydrogen-bond acceptors (Lipinski definition) is 3. The van der Waals surface area contributed by atoms with Gasteiger partial charge in [-0.3, -0.25) is 4.79 Å². The van der Waals surface area contributed by atoms with E-state index in [4.69, 9.17) is 4.74 Å². The summed E-state index contributed by atoms with van der Waals surface area (Å²) in [6.07, 6.45) is 6.29. The highest BCUT2D eigenvalue weighted by molar-refractivity contribution is 8.00. The molecule has 0 aromatic rings. The van der Waals surface area contributed by atoms with E-state index in [-0.39, 0.29) is 10.7 Å². The lowest BCUT2D eigenvalue weighted by Gasteiger charge is -2.22. The summed E-state index contributed by atoms with van der Waals surface area (Å²) in [6, 6.07) is 0. The van der Waals surface area contributed by atoms with Crippen LogP contribution in [0.25, 0.3) is 0 Å². The number of rotatable bonds is 2. The van der Waals surface area contributed by atoms with E-state index in [9.17, 15) is 4.79 Å². The Morgan fingerprint density at radius 3 is 2.36 bits per heavy atom. The van der Waals surface area contributed by atoms with Crippen molar-refractivity contribution in [3.63, 3.8) is 0 Å². The van der Waals surface area contributed by atoms with E-state index in [1.807, 2.05) is 6.26 Å². The largest absolute Gasteiger partial charge is 0.468 e. The molecule has 0 N–H and O–H groups in total. The third kappa shape index (κ3) is 1.53. The summed E-state index contributed by atoms with van der Waals surface area (Å²) in [5.41, 5.74) is 0. The summed E-state index contributed by atoms with van der Waals surface area (Å²) in [6.45, 7) is 0. The van der Waals surface area contributed by atoms with Gasteiger partial charge in [0.2, 0.25) is 0 Å². The molecule has 0 atom stereocenters. The third-order valence-electron chi connectivity index (χ3n) is 2.36. The first-order valence-corrected chi connectivity index (χ1v) is 5.11. The minimum absolute atomic E-state index is 0.0394. The molecule has 1 aliphatic rings. The number of hydrogen-bond donors (Lipinski definition) is 0. The van der Waals surface area contributed by atoms with Crippen molar-refractivity contribution in [2.75, 3.05) is 13.4 Å². The number of thioether (sulfide) groups is 1. The van der Waals surface area contributed by atoms with E-state index < -0.39 is 0 Å². The molecule has 1 aliphatic carbocycles. The van der Waals surface area contributed by atoms with Crippen LogP contribution >= 0.6 is 11.8 Å². The smallest absolute Gasteiger partial charge is 0.321 e. The molecule has 0 saturated heterocycles. The van der Waals surface area contributed by atoms with Gasteiger partial charge in [-0.25, -0.2) is 0 Å². The van der Waals surface area contributed by atoms with Crippen LogP contribution in [-0.2, 0) is 9.53 Å². The molecule has 1 saturated carbocycles. The average Bonchev–Trinajstić information content (AvgIpc) is 2.52. The monoisotopic (exact) mass is 174 g/mol. The summed E-state index contributed by atoms with van der Waals surface area (Å²) in [5, 5.41) is 0. The molecule has 1 rings (SSSR count). The molecule has 2 nitrogen and oxygen atoms in total. The number of methoxy groups -OCH3 is 1.